The number of nitrogens with one attached hydrogen (secondary N) is 2. The zero-order valence-electron chi connectivity index (χ0n) is 11.8. The number of carboxylic acid groups (broad SMARTS) is 1. The molecule has 0 aliphatic carbocycles. The number of thiazole rings is 1. The number of alkyl halides is 1. The summed E-state index contributed by atoms with van der Waals surface area (Å²) in [6, 6.07) is -0.396. The minimum Gasteiger partial charge on any atom is -0.465 e. The second-order valence-electron chi connectivity index (χ2n) is 4.62. The van der Waals surface area contributed by atoms with Crippen LogP contribution >= 0.6 is 22.9 Å². The lowest BCUT2D eigenvalue weighted by Gasteiger charge is -2.18. The standard InChI is InChI=1S/C12H15ClN4O4S/c1-14-9(19)8-11(15-7(18)5-13)22-10(16-8)6-3-2-4-17(6)12(20)21/h6H,2-5H2,1H3,(H,14,19)(H,15,18)(H,20,21)/t6-/m1/s1. The fourth-order valence-electron chi connectivity index (χ4n) is 2.25. The van der Waals surface area contributed by atoms with Crippen molar-refractivity contribution in [3.05, 3.63) is 10.7 Å². The highest BCUT2D eigenvalue weighted by molar-refractivity contribution is 7.16. The summed E-state index contributed by atoms with van der Waals surface area (Å²) in [6.45, 7) is 0.429. The molecule has 1 aromatic heterocycles. The molecule has 0 bridgehead atoms. The van der Waals surface area contributed by atoms with Crippen LogP contribution in [0.15, 0.2) is 0 Å². The highest BCUT2D eigenvalue weighted by Crippen LogP contribution is 2.37. The van der Waals surface area contributed by atoms with Crippen LogP contribution in [0.2, 0.25) is 0 Å². The number of nitrogens with zero attached hydrogens (tertiary/aromatic N) is 2. The normalized spacial score (nSPS) is 17.4. The summed E-state index contributed by atoms with van der Waals surface area (Å²) in [5.74, 6) is -1.15. The van der Waals surface area contributed by atoms with Gasteiger partial charge in [-0.25, -0.2) is 9.78 Å². The number of halogens is 1. The molecule has 1 aliphatic rings. The Morgan fingerprint density at radius 3 is 2.82 bits per heavy atom. The predicted octanol–water partition coefficient (Wildman–Crippen LogP) is 1.49. The molecule has 0 aromatic carbocycles. The van der Waals surface area contributed by atoms with Crippen LogP contribution in [0, 0.1) is 0 Å². The van der Waals surface area contributed by atoms with Crippen molar-refractivity contribution in [3.8, 4) is 0 Å². The van der Waals surface area contributed by atoms with Gasteiger partial charge < -0.3 is 15.7 Å². The Kier molecular flexibility index (Phi) is 5.19. The number of likely N-dealkylation sites (tertiary alicyclic amines) is 1. The lowest BCUT2D eigenvalue weighted by Crippen LogP contribution is -2.28. The van der Waals surface area contributed by atoms with E-state index in [0.29, 0.717) is 18.0 Å². The molecule has 10 heteroatoms. The van der Waals surface area contributed by atoms with Crippen LogP contribution in [0.5, 0.6) is 0 Å². The third-order valence-electron chi connectivity index (χ3n) is 3.24. The second kappa shape index (κ2) is 6.93. The van der Waals surface area contributed by atoms with Crippen LogP contribution in [0.1, 0.15) is 34.4 Å². The van der Waals surface area contributed by atoms with Gasteiger partial charge in [0.2, 0.25) is 5.91 Å². The van der Waals surface area contributed by atoms with Crippen LogP contribution in [-0.4, -0.2) is 52.4 Å². The topological polar surface area (TPSA) is 112 Å². The molecule has 0 radical (unpaired) electrons. The molecule has 1 saturated heterocycles. The number of carbonyl (C=O) groups excluding carboxylic acids is 2. The van der Waals surface area contributed by atoms with Crippen molar-refractivity contribution < 1.29 is 19.5 Å². The van der Waals surface area contributed by atoms with Crippen molar-refractivity contribution in [2.24, 2.45) is 0 Å². The summed E-state index contributed by atoms with van der Waals surface area (Å²) in [5.41, 5.74) is 0.0678. The van der Waals surface area contributed by atoms with E-state index < -0.39 is 23.9 Å². The maximum absolute atomic E-state index is 11.9. The monoisotopic (exact) mass is 346 g/mol. The Labute approximate surface area is 135 Å². The molecule has 22 heavy (non-hydrogen) atoms. The maximum atomic E-state index is 11.9. The Morgan fingerprint density at radius 1 is 1.50 bits per heavy atom. The van der Waals surface area contributed by atoms with Crippen LogP contribution in [0.3, 0.4) is 0 Å². The minimum absolute atomic E-state index is 0.0678. The van der Waals surface area contributed by atoms with Gasteiger partial charge in [-0.05, 0) is 12.8 Å². The highest BCUT2D eigenvalue weighted by atomic mass is 35.5. The zero-order chi connectivity index (χ0) is 16.3. The van der Waals surface area contributed by atoms with Gasteiger partial charge in [-0.15, -0.1) is 11.6 Å². The van der Waals surface area contributed by atoms with Crippen molar-refractivity contribution in [3.63, 3.8) is 0 Å². The Hall–Kier alpha value is -1.87. The predicted molar refractivity (Wildman–Crippen MR) is 81.6 cm³/mol. The quantitative estimate of drug-likeness (QED) is 0.715. The molecule has 1 atom stereocenters. The number of carbonyl (C=O) groups is 3. The van der Waals surface area contributed by atoms with Gasteiger partial charge in [0.05, 0.1) is 6.04 Å². The van der Waals surface area contributed by atoms with Gasteiger partial charge in [-0.2, -0.15) is 0 Å². The van der Waals surface area contributed by atoms with Crippen molar-refractivity contribution in [2.75, 3.05) is 24.8 Å². The molecular weight excluding hydrogens is 332 g/mol. The third kappa shape index (κ3) is 3.30. The van der Waals surface area contributed by atoms with E-state index in [1.165, 1.54) is 11.9 Å². The van der Waals surface area contributed by atoms with E-state index in [1.807, 2.05) is 0 Å². The minimum atomic E-state index is -1.02. The molecular formula is C12H15ClN4O4S. The van der Waals surface area contributed by atoms with E-state index in [-0.39, 0.29) is 16.6 Å². The van der Waals surface area contributed by atoms with Crippen molar-refractivity contribution in [1.29, 1.82) is 0 Å². The first-order valence-corrected chi connectivity index (χ1v) is 7.91. The van der Waals surface area contributed by atoms with Crippen molar-refractivity contribution >= 4 is 45.8 Å². The molecule has 8 nitrogen and oxygen atoms in total. The number of anilines is 1. The first kappa shape index (κ1) is 16.5. The lowest BCUT2D eigenvalue weighted by molar-refractivity contribution is -0.113. The van der Waals surface area contributed by atoms with E-state index in [4.69, 9.17) is 11.6 Å². The first-order chi connectivity index (χ1) is 10.5. The fourth-order valence-corrected chi connectivity index (χ4v) is 3.44. The molecule has 1 aliphatic heterocycles. The molecule has 2 rings (SSSR count). The van der Waals surface area contributed by atoms with Crippen LogP contribution in [0.4, 0.5) is 9.80 Å². The Balaban J connectivity index is 2.34. The van der Waals surface area contributed by atoms with E-state index in [9.17, 15) is 19.5 Å². The number of amides is 3. The van der Waals surface area contributed by atoms with Crippen molar-refractivity contribution in [1.82, 2.24) is 15.2 Å². The molecule has 1 fully saturated rings. The fraction of sp³-hybridized carbons (Fsp3) is 0.500. The first-order valence-electron chi connectivity index (χ1n) is 6.56. The molecule has 3 N–H and O–H groups in total. The summed E-state index contributed by atoms with van der Waals surface area (Å²) < 4.78 is 0. The molecule has 0 spiro atoms. The summed E-state index contributed by atoms with van der Waals surface area (Å²) in [4.78, 5) is 40.1. The average Bonchev–Trinajstić information content (AvgIpc) is 3.12. The molecule has 3 amide bonds. The van der Waals surface area contributed by atoms with Gasteiger partial charge in [0.15, 0.2) is 5.69 Å². The smallest absolute Gasteiger partial charge is 0.407 e. The summed E-state index contributed by atoms with van der Waals surface area (Å²) in [6.07, 6.45) is 0.344. The Bertz CT molecular complexity index is 606. The summed E-state index contributed by atoms with van der Waals surface area (Å²) >= 11 is 6.55. The van der Waals surface area contributed by atoms with Crippen LogP contribution in [0.25, 0.3) is 0 Å². The zero-order valence-corrected chi connectivity index (χ0v) is 13.3. The van der Waals surface area contributed by atoms with Gasteiger partial charge in [-0.1, -0.05) is 11.3 Å². The van der Waals surface area contributed by atoms with Gasteiger partial charge >= 0.3 is 6.09 Å². The molecule has 2 heterocycles. The summed E-state index contributed by atoms with van der Waals surface area (Å²) in [5, 5.41) is 14.9. The van der Waals surface area contributed by atoms with Gasteiger partial charge in [-0.3, -0.25) is 14.5 Å². The molecule has 1 aromatic rings. The van der Waals surface area contributed by atoms with Gasteiger partial charge in [0, 0.05) is 13.6 Å². The third-order valence-corrected chi connectivity index (χ3v) is 4.56. The number of rotatable bonds is 4. The number of aromatic nitrogens is 1. The van der Waals surface area contributed by atoms with E-state index in [1.54, 1.807) is 0 Å². The number of hydrogen-bond acceptors (Lipinski definition) is 5. The highest BCUT2D eigenvalue weighted by Gasteiger charge is 2.33. The van der Waals surface area contributed by atoms with E-state index >= 15 is 0 Å². The summed E-state index contributed by atoms with van der Waals surface area (Å²) in [7, 11) is 1.45. The number of hydrogen-bond donors (Lipinski definition) is 3. The van der Waals surface area contributed by atoms with E-state index in [2.05, 4.69) is 15.6 Å². The lowest BCUT2D eigenvalue weighted by atomic mass is 10.2. The molecule has 0 saturated carbocycles. The van der Waals surface area contributed by atoms with Gasteiger partial charge in [0.1, 0.15) is 15.9 Å². The van der Waals surface area contributed by atoms with Crippen LogP contribution < -0.4 is 10.6 Å². The second-order valence-corrected chi connectivity index (χ2v) is 5.92. The SMILES string of the molecule is CNC(=O)c1nc([C@H]2CCCN2C(=O)O)sc1NC(=O)CCl. The largest absolute Gasteiger partial charge is 0.465 e. The van der Waals surface area contributed by atoms with Crippen LogP contribution in [-0.2, 0) is 4.79 Å². The molecule has 120 valence electrons. The molecule has 0 unspecified atom stereocenters. The Morgan fingerprint density at radius 2 is 2.23 bits per heavy atom. The van der Waals surface area contributed by atoms with Gasteiger partial charge in [0.25, 0.3) is 5.91 Å². The average molecular weight is 347 g/mol. The maximum Gasteiger partial charge on any atom is 0.407 e. The van der Waals surface area contributed by atoms with E-state index in [0.717, 1.165) is 17.8 Å². The van der Waals surface area contributed by atoms with Crippen molar-refractivity contribution in [2.45, 2.75) is 18.9 Å².